The van der Waals surface area contributed by atoms with E-state index in [1.807, 2.05) is 0 Å². The van der Waals surface area contributed by atoms with Crippen molar-refractivity contribution in [3.63, 3.8) is 0 Å². The molecule has 0 spiro atoms. The second kappa shape index (κ2) is 6.90. The molecule has 4 N–H and O–H groups in total. The van der Waals surface area contributed by atoms with E-state index < -0.39 is 7.60 Å². The maximum Gasteiger partial charge on any atom is 0.391 e. The zero-order valence-corrected chi connectivity index (χ0v) is 7.24. The molecule has 0 fully saturated rings. The summed E-state index contributed by atoms with van der Waals surface area (Å²) in [6.07, 6.45) is 1.22. The van der Waals surface area contributed by atoms with Crippen LogP contribution in [-0.4, -0.2) is 32.6 Å². The maximum absolute atomic E-state index is 10.3. The summed E-state index contributed by atoms with van der Waals surface area (Å²) in [7, 11) is -4.14. The van der Waals surface area contributed by atoms with Crippen LogP contribution >= 0.6 is 7.60 Å². The van der Waals surface area contributed by atoms with E-state index in [-0.39, 0.29) is 45.4 Å². The fourth-order valence-corrected chi connectivity index (χ4v) is 0.914. The molecule has 1 aromatic rings. The molecule has 0 unspecified atom stereocenters. The maximum atomic E-state index is 10.3. The van der Waals surface area contributed by atoms with E-state index in [1.165, 1.54) is 18.4 Å². The van der Waals surface area contributed by atoms with Gasteiger partial charge < -0.3 is 19.7 Å². The Hall–Kier alpha value is 0.442. The van der Waals surface area contributed by atoms with Gasteiger partial charge in [0.15, 0.2) is 17.4 Å². The van der Waals surface area contributed by atoms with Gasteiger partial charge in [-0.05, 0) is 12.1 Å². The standard InChI is InChI=1S/C4H5O4P.Al.Fe.H2O.3H/c5-9(6,7)4-2-1-3-8-4;;;;;;/h1-3H,(H2,5,6,7);;;1H2;;;. The Morgan fingerprint density at radius 3 is 2.08 bits per heavy atom. The van der Waals surface area contributed by atoms with Gasteiger partial charge in [-0.15, -0.1) is 0 Å². The quantitative estimate of drug-likeness (QED) is 0.448. The molecule has 0 aliphatic rings. The van der Waals surface area contributed by atoms with E-state index in [2.05, 4.69) is 4.42 Å². The van der Waals surface area contributed by atoms with Gasteiger partial charge >= 0.3 is 7.60 Å². The Morgan fingerprint density at radius 1 is 1.42 bits per heavy atom. The molecule has 0 saturated carbocycles. The van der Waals surface area contributed by atoms with E-state index in [9.17, 15) is 4.57 Å². The van der Waals surface area contributed by atoms with Crippen LogP contribution in [0.4, 0.5) is 0 Å². The van der Waals surface area contributed by atoms with Gasteiger partial charge in [-0.25, -0.2) is 0 Å². The molecular formula is C4H10AlFeO5P. The van der Waals surface area contributed by atoms with Crippen molar-refractivity contribution >= 4 is 30.5 Å². The van der Waals surface area contributed by atoms with Crippen molar-refractivity contribution < 1.29 is 41.3 Å². The Balaban J connectivity index is -0.000000270. The van der Waals surface area contributed by atoms with Crippen LogP contribution in [0.25, 0.3) is 0 Å². The molecule has 0 bridgehead atoms. The third-order valence-electron chi connectivity index (χ3n) is 0.793. The summed E-state index contributed by atoms with van der Waals surface area (Å²) in [5.41, 5.74) is -0.289. The predicted molar refractivity (Wildman–Crippen MR) is 43.9 cm³/mol. The van der Waals surface area contributed by atoms with Crippen LogP contribution in [0.5, 0.6) is 0 Å². The minimum Gasteiger partial charge on any atom is -0.456 e. The Morgan fingerprint density at radius 2 is 1.92 bits per heavy atom. The van der Waals surface area contributed by atoms with Crippen molar-refractivity contribution in [3.05, 3.63) is 18.4 Å². The molecule has 0 aliphatic carbocycles. The van der Waals surface area contributed by atoms with Gasteiger partial charge in [0.05, 0.1) is 6.26 Å². The van der Waals surface area contributed by atoms with Crippen molar-refractivity contribution in [3.8, 4) is 0 Å². The molecule has 0 aliphatic heterocycles. The van der Waals surface area contributed by atoms with Crippen LogP contribution in [0.15, 0.2) is 22.8 Å². The minimum atomic E-state index is -4.14. The average Bonchev–Trinajstić information content (AvgIpc) is 2.08. The zero-order valence-electron chi connectivity index (χ0n) is 5.24. The number of hydrogen-bond acceptors (Lipinski definition) is 2. The van der Waals surface area contributed by atoms with Gasteiger partial charge in [0.1, 0.15) is 0 Å². The first kappa shape index (κ1) is 18.3. The van der Waals surface area contributed by atoms with Crippen molar-refractivity contribution in [1.82, 2.24) is 0 Å². The summed E-state index contributed by atoms with van der Waals surface area (Å²) in [5, 5.41) is 0. The summed E-state index contributed by atoms with van der Waals surface area (Å²) in [6, 6.07) is 2.66. The smallest absolute Gasteiger partial charge is 0.391 e. The van der Waals surface area contributed by atoms with Crippen LogP contribution in [0.2, 0.25) is 0 Å². The topological polar surface area (TPSA) is 102 Å². The Kier molecular flexibility index (Phi) is 10.5. The average molecular weight is 252 g/mol. The Labute approximate surface area is 90.2 Å². The second-order valence-electron chi connectivity index (χ2n) is 1.50. The predicted octanol–water partition coefficient (Wildman–Crippen LogP) is -1.93. The van der Waals surface area contributed by atoms with E-state index in [1.54, 1.807) is 0 Å². The van der Waals surface area contributed by atoms with Gasteiger partial charge in [-0.3, -0.25) is 4.57 Å². The Bertz CT molecular complexity index is 232. The van der Waals surface area contributed by atoms with Gasteiger partial charge in [0.2, 0.25) is 5.50 Å². The minimum absolute atomic E-state index is 0. The number of rotatable bonds is 1. The first-order valence-corrected chi connectivity index (χ1v) is 3.81. The molecule has 1 rings (SSSR count). The molecule has 0 aromatic carbocycles. The monoisotopic (exact) mass is 252 g/mol. The van der Waals surface area contributed by atoms with Crippen molar-refractivity contribution in [2.45, 2.75) is 0 Å². The SMILES string of the molecule is O.O=P(O)(O)c1ccco1.[AlH3].[Fe]. The third-order valence-corrected chi connectivity index (χ3v) is 1.62. The largest absolute Gasteiger partial charge is 0.456 e. The molecule has 0 amide bonds. The van der Waals surface area contributed by atoms with Gasteiger partial charge in [0, 0.05) is 17.1 Å². The summed E-state index contributed by atoms with van der Waals surface area (Å²) >= 11 is 0. The van der Waals surface area contributed by atoms with Crippen LogP contribution in [0.1, 0.15) is 0 Å². The second-order valence-corrected chi connectivity index (χ2v) is 3.02. The molecule has 72 valence electrons. The van der Waals surface area contributed by atoms with E-state index in [0.29, 0.717) is 0 Å². The fraction of sp³-hybridized carbons (Fsp3) is 0. The van der Waals surface area contributed by atoms with Crippen LogP contribution in [0, 0.1) is 0 Å². The van der Waals surface area contributed by atoms with E-state index in [4.69, 9.17) is 9.79 Å². The molecule has 0 atom stereocenters. The third kappa shape index (κ3) is 5.15. The number of hydrogen-bond donors (Lipinski definition) is 2. The number of furan rings is 1. The van der Waals surface area contributed by atoms with Crippen LogP contribution in [0.3, 0.4) is 0 Å². The van der Waals surface area contributed by atoms with Gasteiger partial charge in [-0.1, -0.05) is 0 Å². The van der Waals surface area contributed by atoms with Crippen LogP contribution < -0.4 is 5.50 Å². The first-order chi connectivity index (χ1) is 4.11. The van der Waals surface area contributed by atoms with Crippen molar-refractivity contribution in [2.24, 2.45) is 0 Å². The van der Waals surface area contributed by atoms with Crippen molar-refractivity contribution in [2.75, 3.05) is 0 Å². The molecule has 1 heterocycles. The first-order valence-electron chi connectivity index (χ1n) is 2.20. The fourth-order valence-electron chi connectivity index (χ4n) is 0.436. The normalized spacial score (nSPS) is 8.83. The molecular weight excluding hydrogens is 242 g/mol. The van der Waals surface area contributed by atoms with Crippen LogP contribution in [-0.2, 0) is 21.6 Å². The molecule has 12 heavy (non-hydrogen) atoms. The molecule has 0 radical (unpaired) electrons. The van der Waals surface area contributed by atoms with Gasteiger partial charge in [0.25, 0.3) is 0 Å². The summed E-state index contributed by atoms with van der Waals surface area (Å²) in [6.45, 7) is 0. The molecule has 0 saturated heterocycles. The summed E-state index contributed by atoms with van der Waals surface area (Å²) in [5.74, 6) is 0. The zero-order chi connectivity index (χ0) is 6.91. The van der Waals surface area contributed by atoms with E-state index >= 15 is 0 Å². The molecule has 1 aromatic heterocycles. The molecule has 5 nitrogen and oxygen atoms in total. The van der Waals surface area contributed by atoms with E-state index in [0.717, 1.165) is 0 Å². The van der Waals surface area contributed by atoms with Gasteiger partial charge in [-0.2, -0.15) is 0 Å². The summed E-state index contributed by atoms with van der Waals surface area (Å²) < 4.78 is 14.7. The summed E-state index contributed by atoms with van der Waals surface area (Å²) in [4.78, 5) is 16.8. The molecule has 8 heteroatoms. The van der Waals surface area contributed by atoms with Crippen molar-refractivity contribution in [1.29, 1.82) is 0 Å².